The van der Waals surface area contributed by atoms with Crippen LogP contribution in [0.5, 0.6) is 0 Å². The van der Waals surface area contributed by atoms with Gasteiger partial charge in [0.05, 0.1) is 6.54 Å². The Balaban J connectivity index is 1.42. The molecule has 1 aliphatic carbocycles. The lowest BCUT2D eigenvalue weighted by Gasteiger charge is -2.11. The van der Waals surface area contributed by atoms with E-state index in [1.165, 1.54) is 25.7 Å². The van der Waals surface area contributed by atoms with Crippen molar-refractivity contribution >= 4 is 11.6 Å². The molecule has 1 fully saturated rings. The molecule has 0 unspecified atom stereocenters. The summed E-state index contributed by atoms with van der Waals surface area (Å²) < 4.78 is 1.95. The maximum atomic E-state index is 11.8. The van der Waals surface area contributed by atoms with Crippen molar-refractivity contribution in [2.45, 2.75) is 38.1 Å². The molecule has 0 bridgehead atoms. The highest BCUT2D eigenvalue weighted by atomic mass is 16.1. The number of hydrogen-bond acceptors (Lipinski definition) is 4. The lowest BCUT2D eigenvalue weighted by Crippen LogP contribution is -2.38. The number of amides is 1. The van der Waals surface area contributed by atoms with Crippen LogP contribution in [-0.2, 0) is 11.2 Å². The Kier molecular flexibility index (Phi) is 4.45. The van der Waals surface area contributed by atoms with Gasteiger partial charge < -0.3 is 10.6 Å². The summed E-state index contributed by atoms with van der Waals surface area (Å²) in [5, 5.41) is 14.5. The Morgan fingerprint density at radius 3 is 3.00 bits per heavy atom. The highest BCUT2D eigenvalue weighted by Crippen LogP contribution is 2.17. The lowest BCUT2D eigenvalue weighted by molar-refractivity contribution is -0.120. The smallest absolute Gasteiger partial charge is 0.233 e. The number of rotatable bonds is 6. The van der Waals surface area contributed by atoms with E-state index in [-0.39, 0.29) is 5.91 Å². The van der Waals surface area contributed by atoms with E-state index < -0.39 is 0 Å². The zero-order valence-corrected chi connectivity index (χ0v) is 12.1. The fourth-order valence-corrected chi connectivity index (χ4v) is 2.80. The van der Waals surface area contributed by atoms with Gasteiger partial charge in [0.15, 0.2) is 5.65 Å². The van der Waals surface area contributed by atoms with E-state index in [0.717, 1.165) is 11.5 Å². The van der Waals surface area contributed by atoms with Crippen molar-refractivity contribution in [2.75, 3.05) is 13.1 Å². The second-order valence-corrected chi connectivity index (χ2v) is 5.51. The van der Waals surface area contributed by atoms with Crippen LogP contribution in [0.1, 0.15) is 31.5 Å². The molecule has 112 valence electrons. The minimum Gasteiger partial charge on any atom is -0.355 e. The molecular weight excluding hydrogens is 266 g/mol. The Labute approximate surface area is 123 Å². The molecule has 2 aromatic heterocycles. The molecule has 0 spiro atoms. The van der Waals surface area contributed by atoms with E-state index in [0.29, 0.717) is 25.6 Å². The van der Waals surface area contributed by atoms with Crippen molar-refractivity contribution < 1.29 is 4.79 Å². The fraction of sp³-hybridized carbons (Fsp3) is 0.533. The summed E-state index contributed by atoms with van der Waals surface area (Å²) in [7, 11) is 0. The molecule has 0 aromatic carbocycles. The van der Waals surface area contributed by atoms with E-state index in [2.05, 4.69) is 20.8 Å². The van der Waals surface area contributed by atoms with Crippen molar-refractivity contribution in [3.05, 3.63) is 30.2 Å². The Bertz CT molecular complexity index is 603. The summed E-state index contributed by atoms with van der Waals surface area (Å²) >= 11 is 0. The average Bonchev–Trinajstić information content (AvgIpc) is 3.15. The standard InChI is InChI=1S/C15H21N5O/c21-15(11-17-12-5-1-2-6-12)16-9-8-14-19-18-13-7-3-4-10-20(13)14/h3-4,7,10,12,17H,1-2,5-6,8-9,11H2,(H,16,21). The molecule has 0 saturated heterocycles. The van der Waals surface area contributed by atoms with E-state index in [4.69, 9.17) is 0 Å². The first-order valence-electron chi connectivity index (χ1n) is 7.61. The molecule has 6 heteroatoms. The highest BCUT2D eigenvalue weighted by molar-refractivity contribution is 5.78. The topological polar surface area (TPSA) is 71.3 Å². The molecule has 0 aliphatic heterocycles. The maximum absolute atomic E-state index is 11.8. The fourth-order valence-electron chi connectivity index (χ4n) is 2.80. The second kappa shape index (κ2) is 6.67. The number of carbonyl (C=O) groups excluding carboxylic acids is 1. The van der Waals surface area contributed by atoms with Crippen LogP contribution in [0.2, 0.25) is 0 Å². The number of aromatic nitrogens is 3. The monoisotopic (exact) mass is 287 g/mol. The number of carbonyl (C=O) groups is 1. The molecule has 0 atom stereocenters. The third-order valence-electron chi connectivity index (χ3n) is 3.96. The average molecular weight is 287 g/mol. The van der Waals surface area contributed by atoms with Gasteiger partial charge in [-0.3, -0.25) is 9.20 Å². The van der Waals surface area contributed by atoms with Gasteiger partial charge in [-0.2, -0.15) is 0 Å². The summed E-state index contributed by atoms with van der Waals surface area (Å²) in [6, 6.07) is 6.32. The van der Waals surface area contributed by atoms with Crippen molar-refractivity contribution in [3.63, 3.8) is 0 Å². The third-order valence-corrected chi connectivity index (χ3v) is 3.96. The van der Waals surface area contributed by atoms with E-state index in [9.17, 15) is 4.79 Å². The molecule has 2 N–H and O–H groups in total. The van der Waals surface area contributed by atoms with Crippen molar-refractivity contribution in [1.82, 2.24) is 25.2 Å². The highest BCUT2D eigenvalue weighted by Gasteiger charge is 2.15. The Hall–Kier alpha value is -1.95. The summed E-state index contributed by atoms with van der Waals surface area (Å²) in [5.74, 6) is 0.922. The molecule has 2 aromatic rings. The van der Waals surface area contributed by atoms with Gasteiger partial charge in [0.2, 0.25) is 5.91 Å². The second-order valence-electron chi connectivity index (χ2n) is 5.51. The number of fused-ring (bicyclic) bond motifs is 1. The number of pyridine rings is 1. The quantitative estimate of drug-likeness (QED) is 0.829. The van der Waals surface area contributed by atoms with Crippen LogP contribution in [-0.4, -0.2) is 39.6 Å². The van der Waals surface area contributed by atoms with Gasteiger partial charge in [0.25, 0.3) is 0 Å². The molecule has 3 rings (SSSR count). The summed E-state index contributed by atoms with van der Waals surface area (Å²) in [4.78, 5) is 11.8. The molecule has 1 aliphatic rings. The molecule has 0 radical (unpaired) electrons. The Morgan fingerprint density at radius 2 is 2.14 bits per heavy atom. The van der Waals surface area contributed by atoms with Gasteiger partial charge >= 0.3 is 0 Å². The number of hydrogen-bond donors (Lipinski definition) is 2. The van der Waals surface area contributed by atoms with Gasteiger partial charge in [-0.25, -0.2) is 0 Å². The molecule has 1 saturated carbocycles. The zero-order valence-electron chi connectivity index (χ0n) is 12.1. The SMILES string of the molecule is O=C(CNC1CCCC1)NCCc1nnc2ccccn12. The van der Waals surface area contributed by atoms with E-state index in [1.54, 1.807) is 0 Å². The van der Waals surface area contributed by atoms with Gasteiger partial charge in [-0.05, 0) is 25.0 Å². The predicted octanol–water partition coefficient (Wildman–Crippen LogP) is 0.920. The van der Waals surface area contributed by atoms with E-state index in [1.807, 2.05) is 28.8 Å². The van der Waals surface area contributed by atoms with Crippen LogP contribution in [0.4, 0.5) is 0 Å². The summed E-state index contributed by atoms with van der Waals surface area (Å²) in [6.45, 7) is 0.992. The van der Waals surface area contributed by atoms with E-state index >= 15 is 0 Å². The van der Waals surface area contributed by atoms with Gasteiger partial charge in [-0.15, -0.1) is 10.2 Å². The molecule has 1 amide bonds. The zero-order chi connectivity index (χ0) is 14.5. The summed E-state index contributed by atoms with van der Waals surface area (Å²) in [6.07, 6.45) is 7.56. The molecule has 21 heavy (non-hydrogen) atoms. The minimum atomic E-state index is 0.0516. The largest absolute Gasteiger partial charge is 0.355 e. The first-order chi connectivity index (χ1) is 10.3. The third kappa shape index (κ3) is 3.58. The van der Waals surface area contributed by atoms with Gasteiger partial charge in [0, 0.05) is 25.2 Å². The predicted molar refractivity (Wildman–Crippen MR) is 80.0 cm³/mol. The lowest BCUT2D eigenvalue weighted by atomic mass is 10.2. The maximum Gasteiger partial charge on any atom is 0.233 e. The first-order valence-corrected chi connectivity index (χ1v) is 7.61. The van der Waals surface area contributed by atoms with Crippen LogP contribution < -0.4 is 10.6 Å². The van der Waals surface area contributed by atoms with Crippen molar-refractivity contribution in [2.24, 2.45) is 0 Å². The van der Waals surface area contributed by atoms with Crippen molar-refractivity contribution in [1.29, 1.82) is 0 Å². The van der Waals surface area contributed by atoms with Crippen LogP contribution >= 0.6 is 0 Å². The van der Waals surface area contributed by atoms with Crippen LogP contribution in [0, 0.1) is 0 Å². The number of nitrogens with one attached hydrogen (secondary N) is 2. The normalized spacial score (nSPS) is 15.6. The van der Waals surface area contributed by atoms with Gasteiger partial charge in [-0.1, -0.05) is 18.9 Å². The first kappa shape index (κ1) is 14.0. The Morgan fingerprint density at radius 1 is 1.29 bits per heavy atom. The molecule has 6 nitrogen and oxygen atoms in total. The number of nitrogens with zero attached hydrogens (tertiary/aromatic N) is 3. The minimum absolute atomic E-state index is 0.0516. The van der Waals surface area contributed by atoms with Crippen LogP contribution in [0.25, 0.3) is 5.65 Å². The van der Waals surface area contributed by atoms with Crippen LogP contribution in [0.3, 0.4) is 0 Å². The summed E-state index contributed by atoms with van der Waals surface area (Å²) in [5.41, 5.74) is 0.835. The molecule has 2 heterocycles. The molecular formula is C15H21N5O. The van der Waals surface area contributed by atoms with Crippen molar-refractivity contribution in [3.8, 4) is 0 Å². The van der Waals surface area contributed by atoms with Gasteiger partial charge in [0.1, 0.15) is 5.82 Å². The van der Waals surface area contributed by atoms with Crippen LogP contribution in [0.15, 0.2) is 24.4 Å².